The fraction of sp³-hybridized carbons (Fsp3) is 0.517. The molecule has 5 nitrogen and oxygen atoms in total. The lowest BCUT2D eigenvalue weighted by atomic mass is 9.78. The number of nitrogens with zero attached hydrogens (tertiary/aromatic N) is 2. The summed E-state index contributed by atoms with van der Waals surface area (Å²) in [6.07, 6.45) is 0.883. The van der Waals surface area contributed by atoms with Crippen molar-refractivity contribution in [2.24, 2.45) is 9.94 Å². The molecule has 1 saturated heterocycles. The van der Waals surface area contributed by atoms with Gasteiger partial charge < -0.3 is 14.7 Å². The highest BCUT2D eigenvalue weighted by Crippen LogP contribution is 2.41. The van der Waals surface area contributed by atoms with Crippen LogP contribution >= 0.6 is 16.1 Å². The number of ketones is 1. The maximum absolute atomic E-state index is 13.7. The molecule has 190 valence electrons. The van der Waals surface area contributed by atoms with Crippen molar-refractivity contribution in [1.82, 2.24) is 4.90 Å². The summed E-state index contributed by atoms with van der Waals surface area (Å²) >= 11 is 3.35. The number of hydrogen-bond acceptors (Lipinski definition) is 4. The summed E-state index contributed by atoms with van der Waals surface area (Å²) in [5, 5.41) is 11.0. The quantitative estimate of drug-likeness (QED) is 0.398. The van der Waals surface area contributed by atoms with E-state index in [2.05, 4.69) is 78.7 Å². The van der Waals surface area contributed by atoms with Crippen molar-refractivity contribution in [2.45, 2.75) is 64.7 Å². The molecule has 1 N–H and O–H groups in total. The average Bonchev–Trinajstić information content (AvgIpc) is 3.13. The first-order valence-electron chi connectivity index (χ1n) is 12.3. The van der Waals surface area contributed by atoms with Crippen molar-refractivity contribution < 1.29 is 14.6 Å². The van der Waals surface area contributed by atoms with Crippen molar-refractivity contribution >= 4 is 27.8 Å². The Kier molecular flexibility index (Phi) is 8.48. The van der Waals surface area contributed by atoms with Gasteiger partial charge in [-0.25, -0.2) is 0 Å². The summed E-state index contributed by atoms with van der Waals surface area (Å²) in [7, 11) is 1.72. The lowest BCUT2D eigenvalue weighted by Crippen LogP contribution is -2.32. The predicted molar refractivity (Wildman–Crippen MR) is 147 cm³/mol. The Morgan fingerprint density at radius 1 is 1.09 bits per heavy atom. The normalized spacial score (nSPS) is 20.0. The number of Topliss-reactive ketones (excluding diaryl/α,β-unsaturated/α-hetero) is 1. The third-order valence-electron chi connectivity index (χ3n) is 6.85. The molecule has 1 heterocycles. The SMILES string of the molecule is COCC[C@H]1CN(CC(=O)c2cc(C(C)(C)C)c(O)c(C(C)(C)C)c2)C(=NBr)[C@@H]1c1ccccc1. The second-order valence-electron chi connectivity index (χ2n) is 11.6. The fourth-order valence-electron chi connectivity index (χ4n) is 4.95. The van der Waals surface area contributed by atoms with E-state index in [0.717, 1.165) is 29.9 Å². The van der Waals surface area contributed by atoms with Gasteiger partial charge in [-0.2, -0.15) is 4.02 Å². The van der Waals surface area contributed by atoms with Crippen LogP contribution in [0.2, 0.25) is 0 Å². The smallest absolute Gasteiger partial charge is 0.182 e. The minimum Gasteiger partial charge on any atom is -0.507 e. The average molecular weight is 544 g/mol. The number of halogens is 1. The van der Waals surface area contributed by atoms with Crippen LogP contribution in [0.1, 0.15) is 80.9 Å². The molecule has 35 heavy (non-hydrogen) atoms. The van der Waals surface area contributed by atoms with Gasteiger partial charge in [0.1, 0.15) is 11.6 Å². The highest BCUT2D eigenvalue weighted by Gasteiger charge is 2.40. The van der Waals surface area contributed by atoms with E-state index >= 15 is 0 Å². The summed E-state index contributed by atoms with van der Waals surface area (Å²) in [6.45, 7) is 14.0. The van der Waals surface area contributed by atoms with Crippen LogP contribution in [-0.4, -0.2) is 48.4 Å². The number of phenols is 1. The third kappa shape index (κ3) is 6.15. The van der Waals surface area contributed by atoms with E-state index in [-0.39, 0.29) is 40.7 Å². The largest absolute Gasteiger partial charge is 0.507 e. The Morgan fingerprint density at radius 2 is 1.66 bits per heavy atom. The highest BCUT2D eigenvalue weighted by molar-refractivity contribution is 9.08. The summed E-state index contributed by atoms with van der Waals surface area (Å²) < 4.78 is 9.86. The van der Waals surface area contributed by atoms with Crippen LogP contribution in [0.15, 0.2) is 46.5 Å². The number of phenolic OH excluding ortho intramolecular Hbond substituents is 1. The van der Waals surface area contributed by atoms with Crippen LogP contribution in [0.3, 0.4) is 0 Å². The van der Waals surface area contributed by atoms with E-state index in [9.17, 15) is 9.90 Å². The minimum absolute atomic E-state index is 0.0221. The van der Waals surface area contributed by atoms with E-state index in [0.29, 0.717) is 12.2 Å². The van der Waals surface area contributed by atoms with Gasteiger partial charge >= 0.3 is 0 Å². The topological polar surface area (TPSA) is 62.1 Å². The van der Waals surface area contributed by atoms with Crippen molar-refractivity contribution in [3.05, 3.63) is 64.7 Å². The van der Waals surface area contributed by atoms with E-state index in [1.54, 1.807) is 7.11 Å². The molecule has 0 saturated carbocycles. The fourth-order valence-corrected chi connectivity index (χ4v) is 5.40. The number of ether oxygens (including phenoxy) is 1. The first-order chi connectivity index (χ1) is 16.4. The Hall–Kier alpha value is -2.18. The standard InChI is InChI=1S/C29H39BrN2O3/c1-28(2,3)22-15-21(16-23(26(22)34)29(4,5)6)24(33)18-32-17-20(13-14-35-7)25(27(32)31-30)19-11-9-8-10-12-19/h8-12,15-16,20,25,34H,13-14,17-18H2,1-7H3/t20-,25+/m0/s1. The van der Waals surface area contributed by atoms with Gasteiger partial charge in [-0.05, 0) is 40.9 Å². The van der Waals surface area contributed by atoms with Crippen LogP contribution < -0.4 is 0 Å². The second-order valence-corrected chi connectivity index (χ2v) is 12.0. The molecule has 0 radical (unpaired) electrons. The number of carbonyl (C=O) groups is 1. The molecule has 0 bridgehead atoms. The number of benzene rings is 2. The number of aromatic hydroxyl groups is 1. The zero-order valence-electron chi connectivity index (χ0n) is 22.1. The maximum atomic E-state index is 13.7. The van der Waals surface area contributed by atoms with Crippen LogP contribution in [0.4, 0.5) is 0 Å². The van der Waals surface area contributed by atoms with E-state index in [1.165, 1.54) is 5.56 Å². The molecule has 0 aromatic heterocycles. The van der Waals surface area contributed by atoms with Gasteiger partial charge in [-0.15, -0.1) is 0 Å². The van der Waals surface area contributed by atoms with Crippen LogP contribution in [0.25, 0.3) is 0 Å². The molecule has 0 aliphatic carbocycles. The van der Waals surface area contributed by atoms with Gasteiger partial charge in [0.25, 0.3) is 0 Å². The Labute approximate surface area is 218 Å². The lowest BCUT2D eigenvalue weighted by Gasteiger charge is -2.28. The van der Waals surface area contributed by atoms with Crippen LogP contribution in [0.5, 0.6) is 5.75 Å². The molecular weight excluding hydrogens is 504 g/mol. The van der Waals surface area contributed by atoms with Gasteiger partial charge in [0.2, 0.25) is 0 Å². The third-order valence-corrected chi connectivity index (χ3v) is 7.21. The molecule has 1 aliphatic heterocycles. The number of amidine groups is 1. The van der Waals surface area contributed by atoms with Crippen LogP contribution in [0, 0.1) is 5.92 Å². The minimum atomic E-state index is -0.292. The maximum Gasteiger partial charge on any atom is 0.182 e. The molecule has 1 aliphatic rings. The molecule has 0 spiro atoms. The molecule has 2 aromatic carbocycles. The molecule has 6 heteroatoms. The van der Waals surface area contributed by atoms with Crippen molar-refractivity contribution in [2.75, 3.05) is 26.8 Å². The van der Waals surface area contributed by atoms with Gasteiger partial charge in [0, 0.05) is 42.9 Å². The van der Waals surface area contributed by atoms with Gasteiger partial charge in [0.05, 0.1) is 22.7 Å². The first kappa shape index (κ1) is 27.4. The summed E-state index contributed by atoms with van der Waals surface area (Å²) in [5.74, 6) is 1.56. The molecule has 3 rings (SSSR count). The highest BCUT2D eigenvalue weighted by atomic mass is 79.9. The van der Waals surface area contributed by atoms with E-state index in [4.69, 9.17) is 4.74 Å². The zero-order valence-corrected chi connectivity index (χ0v) is 23.6. The number of hydrogen-bond donors (Lipinski definition) is 1. The summed E-state index contributed by atoms with van der Waals surface area (Å²) in [6, 6.07) is 14.1. The van der Waals surface area contributed by atoms with Crippen LogP contribution in [-0.2, 0) is 15.6 Å². The van der Waals surface area contributed by atoms with Crippen molar-refractivity contribution in [1.29, 1.82) is 0 Å². The second kappa shape index (κ2) is 10.8. The Balaban J connectivity index is 1.97. The number of rotatable bonds is 7. The summed E-state index contributed by atoms with van der Waals surface area (Å²) in [5.41, 5.74) is 2.83. The molecule has 2 atom stereocenters. The molecule has 0 unspecified atom stereocenters. The monoisotopic (exact) mass is 542 g/mol. The molecule has 0 amide bonds. The number of carbonyl (C=O) groups excluding carboxylic acids is 1. The number of likely N-dealkylation sites (tertiary alicyclic amines) is 1. The van der Waals surface area contributed by atoms with E-state index < -0.39 is 0 Å². The van der Waals surface area contributed by atoms with Crippen molar-refractivity contribution in [3.63, 3.8) is 0 Å². The predicted octanol–water partition coefficient (Wildman–Crippen LogP) is 6.63. The van der Waals surface area contributed by atoms with E-state index in [1.807, 2.05) is 30.3 Å². The van der Waals surface area contributed by atoms with Gasteiger partial charge in [0.15, 0.2) is 5.78 Å². The van der Waals surface area contributed by atoms with Gasteiger partial charge in [-0.3, -0.25) is 4.79 Å². The lowest BCUT2D eigenvalue weighted by molar-refractivity contribution is 0.0962. The Morgan fingerprint density at radius 3 is 2.14 bits per heavy atom. The van der Waals surface area contributed by atoms with Crippen molar-refractivity contribution in [3.8, 4) is 5.75 Å². The first-order valence-corrected chi connectivity index (χ1v) is 13.0. The summed E-state index contributed by atoms with van der Waals surface area (Å²) in [4.78, 5) is 15.8. The zero-order chi connectivity index (χ0) is 26.0. The molecule has 1 fully saturated rings. The Bertz CT molecular complexity index is 1030. The number of methoxy groups -OCH3 is 1. The molecule has 2 aromatic rings. The van der Waals surface area contributed by atoms with Gasteiger partial charge in [-0.1, -0.05) is 71.9 Å². The molecular formula is C29H39BrN2O3.